The number of benzene rings is 1. The molecule has 0 fully saturated rings. The third-order valence-corrected chi connectivity index (χ3v) is 2.33. The number of rotatable bonds is 3. The van der Waals surface area contributed by atoms with E-state index in [0.717, 1.165) is 0 Å². The molecule has 0 spiro atoms. The number of carboxylic acids is 1. The number of halogens is 1. The lowest BCUT2D eigenvalue weighted by atomic mass is 10.0. The molecular formula is C13H10FNO2. The Bertz CT molecular complexity index is 555. The van der Waals surface area contributed by atoms with Gasteiger partial charge in [-0.2, -0.15) is 0 Å². The standard InChI is InChI=1S/C13H10FNO2/c14-11-5-1-3-9(7-11)13-10(8-12(16)17)4-2-6-15-13/h1-7H,8H2,(H,16,17). The van der Waals surface area contributed by atoms with E-state index in [1.54, 1.807) is 30.5 Å². The van der Waals surface area contributed by atoms with Gasteiger partial charge in [-0.05, 0) is 23.8 Å². The van der Waals surface area contributed by atoms with Crippen LogP contribution in [0.15, 0.2) is 42.6 Å². The van der Waals surface area contributed by atoms with E-state index >= 15 is 0 Å². The molecule has 0 saturated carbocycles. The van der Waals surface area contributed by atoms with Gasteiger partial charge in [0.15, 0.2) is 0 Å². The van der Waals surface area contributed by atoms with E-state index in [1.165, 1.54) is 12.1 Å². The summed E-state index contributed by atoms with van der Waals surface area (Å²) in [7, 11) is 0. The van der Waals surface area contributed by atoms with Crippen LogP contribution >= 0.6 is 0 Å². The van der Waals surface area contributed by atoms with Crippen molar-refractivity contribution < 1.29 is 14.3 Å². The first-order valence-corrected chi connectivity index (χ1v) is 5.08. The Morgan fingerprint density at radius 3 is 2.82 bits per heavy atom. The van der Waals surface area contributed by atoms with E-state index in [9.17, 15) is 9.18 Å². The zero-order chi connectivity index (χ0) is 12.3. The molecule has 1 aromatic carbocycles. The zero-order valence-corrected chi connectivity index (χ0v) is 8.93. The lowest BCUT2D eigenvalue weighted by Crippen LogP contribution is -2.02. The van der Waals surface area contributed by atoms with Gasteiger partial charge < -0.3 is 5.11 Å². The summed E-state index contributed by atoms with van der Waals surface area (Å²) in [6, 6.07) is 9.31. The number of aliphatic carboxylic acids is 1. The van der Waals surface area contributed by atoms with E-state index in [0.29, 0.717) is 16.8 Å². The molecule has 0 atom stereocenters. The minimum absolute atomic E-state index is 0.125. The number of hydrogen-bond donors (Lipinski definition) is 1. The van der Waals surface area contributed by atoms with Crippen molar-refractivity contribution in [2.45, 2.75) is 6.42 Å². The zero-order valence-electron chi connectivity index (χ0n) is 8.93. The van der Waals surface area contributed by atoms with Crippen LogP contribution in [0.2, 0.25) is 0 Å². The summed E-state index contributed by atoms with van der Waals surface area (Å²) in [4.78, 5) is 14.8. The molecule has 2 aromatic rings. The molecule has 0 bridgehead atoms. The highest BCUT2D eigenvalue weighted by atomic mass is 19.1. The molecule has 0 unspecified atom stereocenters. The van der Waals surface area contributed by atoms with Crippen molar-refractivity contribution in [2.75, 3.05) is 0 Å². The molecule has 0 aliphatic carbocycles. The smallest absolute Gasteiger partial charge is 0.307 e. The van der Waals surface area contributed by atoms with Gasteiger partial charge in [0.05, 0.1) is 12.1 Å². The predicted octanol–water partition coefficient (Wildman–Crippen LogP) is 2.51. The predicted molar refractivity (Wildman–Crippen MR) is 61.0 cm³/mol. The van der Waals surface area contributed by atoms with Gasteiger partial charge in [0.25, 0.3) is 0 Å². The minimum atomic E-state index is -0.935. The van der Waals surface area contributed by atoms with Crippen molar-refractivity contribution in [3.8, 4) is 11.3 Å². The summed E-state index contributed by atoms with van der Waals surface area (Å²) in [5.74, 6) is -1.30. The van der Waals surface area contributed by atoms with Crippen molar-refractivity contribution in [1.82, 2.24) is 4.98 Å². The van der Waals surface area contributed by atoms with E-state index in [-0.39, 0.29) is 12.2 Å². The Morgan fingerprint density at radius 1 is 1.29 bits per heavy atom. The van der Waals surface area contributed by atoms with Crippen molar-refractivity contribution in [3.05, 3.63) is 54.0 Å². The number of pyridine rings is 1. The molecule has 0 aliphatic heterocycles. The molecule has 0 radical (unpaired) electrons. The first-order valence-electron chi connectivity index (χ1n) is 5.08. The van der Waals surface area contributed by atoms with E-state index in [4.69, 9.17) is 5.11 Å². The molecule has 0 amide bonds. The molecule has 0 aliphatic rings. The normalized spacial score (nSPS) is 10.2. The molecule has 1 aromatic heterocycles. The molecule has 1 N–H and O–H groups in total. The molecule has 0 saturated heterocycles. The lowest BCUT2D eigenvalue weighted by molar-refractivity contribution is -0.136. The van der Waals surface area contributed by atoms with Crippen molar-refractivity contribution >= 4 is 5.97 Å². The van der Waals surface area contributed by atoms with Gasteiger partial charge in [0, 0.05) is 11.8 Å². The molecule has 3 nitrogen and oxygen atoms in total. The van der Waals surface area contributed by atoms with Crippen molar-refractivity contribution in [2.24, 2.45) is 0 Å². The summed E-state index contributed by atoms with van der Waals surface area (Å²) >= 11 is 0. The van der Waals surface area contributed by atoms with E-state index in [1.807, 2.05) is 0 Å². The second-order valence-corrected chi connectivity index (χ2v) is 3.59. The summed E-state index contributed by atoms with van der Waals surface area (Å²) in [5, 5.41) is 8.79. The van der Waals surface area contributed by atoms with Crippen LogP contribution in [0.5, 0.6) is 0 Å². The Kier molecular flexibility index (Phi) is 3.14. The van der Waals surface area contributed by atoms with Crippen LogP contribution in [0.3, 0.4) is 0 Å². The number of carboxylic acid groups (broad SMARTS) is 1. The maximum absolute atomic E-state index is 13.1. The summed E-state index contributed by atoms with van der Waals surface area (Å²) in [6.07, 6.45) is 1.44. The largest absolute Gasteiger partial charge is 0.481 e. The Morgan fingerprint density at radius 2 is 2.12 bits per heavy atom. The summed E-state index contributed by atoms with van der Waals surface area (Å²) < 4.78 is 13.1. The fourth-order valence-electron chi connectivity index (χ4n) is 1.64. The Labute approximate surface area is 97.6 Å². The summed E-state index contributed by atoms with van der Waals surface area (Å²) in [5.41, 5.74) is 1.67. The highest BCUT2D eigenvalue weighted by Crippen LogP contribution is 2.22. The highest BCUT2D eigenvalue weighted by Gasteiger charge is 2.09. The first-order chi connectivity index (χ1) is 8.16. The van der Waals surface area contributed by atoms with E-state index < -0.39 is 5.97 Å². The fourth-order valence-corrected chi connectivity index (χ4v) is 1.64. The minimum Gasteiger partial charge on any atom is -0.481 e. The number of carbonyl (C=O) groups is 1. The molecular weight excluding hydrogens is 221 g/mol. The number of hydrogen-bond acceptors (Lipinski definition) is 2. The first kappa shape index (κ1) is 11.3. The van der Waals surface area contributed by atoms with Crippen LogP contribution in [-0.4, -0.2) is 16.1 Å². The second kappa shape index (κ2) is 4.74. The van der Waals surface area contributed by atoms with Crippen molar-refractivity contribution in [1.29, 1.82) is 0 Å². The van der Waals surface area contributed by atoms with Gasteiger partial charge in [-0.15, -0.1) is 0 Å². The molecule has 4 heteroatoms. The monoisotopic (exact) mass is 231 g/mol. The lowest BCUT2D eigenvalue weighted by Gasteiger charge is -2.06. The second-order valence-electron chi connectivity index (χ2n) is 3.59. The number of nitrogens with zero attached hydrogens (tertiary/aromatic N) is 1. The third-order valence-electron chi connectivity index (χ3n) is 2.33. The quantitative estimate of drug-likeness (QED) is 0.883. The molecule has 2 rings (SSSR count). The van der Waals surface area contributed by atoms with E-state index in [2.05, 4.69) is 4.98 Å². The average molecular weight is 231 g/mol. The summed E-state index contributed by atoms with van der Waals surface area (Å²) in [6.45, 7) is 0. The van der Waals surface area contributed by atoms with Crippen LogP contribution in [0.25, 0.3) is 11.3 Å². The molecule has 17 heavy (non-hydrogen) atoms. The highest BCUT2D eigenvalue weighted by molar-refractivity contribution is 5.74. The molecule has 86 valence electrons. The van der Waals surface area contributed by atoms with Crippen LogP contribution in [-0.2, 0) is 11.2 Å². The molecule has 1 heterocycles. The van der Waals surface area contributed by atoms with Gasteiger partial charge in [0.1, 0.15) is 5.82 Å². The topological polar surface area (TPSA) is 50.2 Å². The van der Waals surface area contributed by atoms with Crippen LogP contribution in [0, 0.1) is 5.82 Å². The SMILES string of the molecule is O=C(O)Cc1cccnc1-c1cccc(F)c1. The fraction of sp³-hybridized carbons (Fsp3) is 0.0769. The average Bonchev–Trinajstić information content (AvgIpc) is 2.29. The van der Waals surface area contributed by atoms with Gasteiger partial charge in [-0.25, -0.2) is 4.39 Å². The van der Waals surface area contributed by atoms with Crippen LogP contribution < -0.4 is 0 Å². The van der Waals surface area contributed by atoms with Gasteiger partial charge in [0.2, 0.25) is 0 Å². The maximum Gasteiger partial charge on any atom is 0.307 e. The van der Waals surface area contributed by atoms with Crippen LogP contribution in [0.4, 0.5) is 4.39 Å². The maximum atomic E-state index is 13.1. The Balaban J connectivity index is 2.47. The Hall–Kier alpha value is -2.23. The van der Waals surface area contributed by atoms with Crippen LogP contribution in [0.1, 0.15) is 5.56 Å². The van der Waals surface area contributed by atoms with Gasteiger partial charge in [-0.1, -0.05) is 18.2 Å². The van der Waals surface area contributed by atoms with Crippen molar-refractivity contribution in [3.63, 3.8) is 0 Å². The third kappa shape index (κ3) is 2.66. The van der Waals surface area contributed by atoms with Gasteiger partial charge in [-0.3, -0.25) is 9.78 Å². The van der Waals surface area contributed by atoms with Gasteiger partial charge >= 0.3 is 5.97 Å². The number of aromatic nitrogens is 1.